The molecular formula is C10H21NO2. The quantitative estimate of drug-likeness (QED) is 0.674. The van der Waals surface area contributed by atoms with Crippen molar-refractivity contribution in [1.82, 2.24) is 5.32 Å². The van der Waals surface area contributed by atoms with E-state index in [1.165, 1.54) is 12.8 Å². The Kier molecular flexibility index (Phi) is 5.35. The van der Waals surface area contributed by atoms with Crippen LogP contribution in [0.15, 0.2) is 0 Å². The van der Waals surface area contributed by atoms with Gasteiger partial charge in [-0.1, -0.05) is 0 Å². The molecule has 0 bridgehead atoms. The lowest BCUT2D eigenvalue weighted by Gasteiger charge is -2.18. The molecule has 1 rings (SSSR count). The summed E-state index contributed by atoms with van der Waals surface area (Å²) in [5, 5.41) is 3.28. The van der Waals surface area contributed by atoms with Crippen molar-refractivity contribution in [3.8, 4) is 0 Å². The molecule has 3 heteroatoms. The number of nitrogens with one attached hydrogen (secondary N) is 1. The van der Waals surface area contributed by atoms with Crippen molar-refractivity contribution in [3.63, 3.8) is 0 Å². The van der Waals surface area contributed by atoms with Crippen molar-refractivity contribution in [2.75, 3.05) is 33.5 Å². The highest BCUT2D eigenvalue weighted by molar-refractivity contribution is 4.72. The van der Waals surface area contributed by atoms with Gasteiger partial charge >= 0.3 is 0 Å². The standard InChI is InChI=1S/C10H21NO2/c1-3-12-8-10(11-2)6-9-4-5-13-7-9/h9-11H,3-8H2,1-2H3. The van der Waals surface area contributed by atoms with E-state index in [9.17, 15) is 0 Å². The van der Waals surface area contributed by atoms with Crippen molar-refractivity contribution < 1.29 is 9.47 Å². The molecule has 1 saturated heterocycles. The van der Waals surface area contributed by atoms with E-state index in [4.69, 9.17) is 9.47 Å². The van der Waals surface area contributed by atoms with Crippen molar-refractivity contribution in [1.29, 1.82) is 0 Å². The minimum atomic E-state index is 0.492. The Morgan fingerprint density at radius 3 is 3.00 bits per heavy atom. The second-order valence-electron chi connectivity index (χ2n) is 3.61. The van der Waals surface area contributed by atoms with Gasteiger partial charge in [0.25, 0.3) is 0 Å². The van der Waals surface area contributed by atoms with Gasteiger partial charge in [0.05, 0.1) is 6.61 Å². The highest BCUT2D eigenvalue weighted by Gasteiger charge is 2.19. The first-order valence-electron chi connectivity index (χ1n) is 5.19. The van der Waals surface area contributed by atoms with Crippen LogP contribution in [0.4, 0.5) is 0 Å². The van der Waals surface area contributed by atoms with Crippen LogP contribution in [0, 0.1) is 5.92 Å². The lowest BCUT2D eigenvalue weighted by atomic mass is 10.00. The summed E-state index contributed by atoms with van der Waals surface area (Å²) in [5.74, 6) is 0.734. The zero-order chi connectivity index (χ0) is 9.52. The minimum Gasteiger partial charge on any atom is -0.381 e. The first-order valence-corrected chi connectivity index (χ1v) is 5.19. The molecule has 1 aliphatic rings. The maximum atomic E-state index is 5.39. The molecule has 2 unspecified atom stereocenters. The van der Waals surface area contributed by atoms with E-state index in [-0.39, 0.29) is 0 Å². The Morgan fingerprint density at radius 1 is 1.62 bits per heavy atom. The summed E-state index contributed by atoms with van der Waals surface area (Å²) >= 11 is 0. The number of hydrogen-bond acceptors (Lipinski definition) is 3. The van der Waals surface area contributed by atoms with Gasteiger partial charge in [-0.25, -0.2) is 0 Å². The van der Waals surface area contributed by atoms with Crippen LogP contribution in [0.5, 0.6) is 0 Å². The fraction of sp³-hybridized carbons (Fsp3) is 1.00. The molecule has 2 atom stereocenters. The molecule has 0 radical (unpaired) electrons. The van der Waals surface area contributed by atoms with Crippen LogP contribution in [0.1, 0.15) is 19.8 Å². The Morgan fingerprint density at radius 2 is 2.46 bits per heavy atom. The van der Waals surface area contributed by atoms with E-state index in [1.54, 1.807) is 0 Å². The monoisotopic (exact) mass is 187 g/mol. The minimum absolute atomic E-state index is 0.492. The SMILES string of the molecule is CCOCC(CC1CCOC1)NC. The molecule has 0 spiro atoms. The summed E-state index contributed by atoms with van der Waals surface area (Å²) in [5.41, 5.74) is 0. The Balaban J connectivity index is 2.13. The lowest BCUT2D eigenvalue weighted by molar-refractivity contribution is 0.113. The van der Waals surface area contributed by atoms with Gasteiger partial charge in [0.2, 0.25) is 0 Å². The second kappa shape index (κ2) is 6.35. The van der Waals surface area contributed by atoms with E-state index in [2.05, 4.69) is 5.32 Å². The van der Waals surface area contributed by atoms with Crippen LogP contribution in [-0.4, -0.2) is 39.5 Å². The number of rotatable bonds is 6. The second-order valence-corrected chi connectivity index (χ2v) is 3.61. The Bertz CT molecular complexity index is 124. The van der Waals surface area contributed by atoms with Gasteiger partial charge in [-0.15, -0.1) is 0 Å². The molecule has 1 fully saturated rings. The van der Waals surface area contributed by atoms with Gasteiger partial charge < -0.3 is 14.8 Å². The molecule has 3 nitrogen and oxygen atoms in total. The summed E-state index contributed by atoms with van der Waals surface area (Å²) < 4.78 is 10.7. The molecule has 1 N–H and O–H groups in total. The van der Waals surface area contributed by atoms with Gasteiger partial charge in [-0.3, -0.25) is 0 Å². The number of likely N-dealkylation sites (N-methyl/N-ethyl adjacent to an activating group) is 1. The third-order valence-corrected chi connectivity index (χ3v) is 2.57. The fourth-order valence-corrected chi connectivity index (χ4v) is 1.70. The fourth-order valence-electron chi connectivity index (χ4n) is 1.70. The maximum absolute atomic E-state index is 5.39. The molecule has 0 aromatic rings. The van der Waals surface area contributed by atoms with Crippen molar-refractivity contribution in [2.45, 2.75) is 25.8 Å². The summed E-state index contributed by atoms with van der Waals surface area (Å²) in [4.78, 5) is 0. The third-order valence-electron chi connectivity index (χ3n) is 2.57. The molecule has 78 valence electrons. The highest BCUT2D eigenvalue weighted by Crippen LogP contribution is 2.18. The largest absolute Gasteiger partial charge is 0.381 e. The van der Waals surface area contributed by atoms with Gasteiger partial charge in [-0.2, -0.15) is 0 Å². The molecule has 0 amide bonds. The predicted octanol–water partition coefficient (Wildman–Crippen LogP) is 1.04. The van der Waals surface area contributed by atoms with Gasteiger partial charge in [0.15, 0.2) is 0 Å². The molecule has 13 heavy (non-hydrogen) atoms. The third kappa shape index (κ3) is 4.07. The summed E-state index contributed by atoms with van der Waals surface area (Å²) in [6, 6.07) is 0.492. The van der Waals surface area contributed by atoms with Crippen LogP contribution in [0.25, 0.3) is 0 Å². The van der Waals surface area contributed by atoms with Gasteiger partial charge in [0.1, 0.15) is 0 Å². The van der Waals surface area contributed by atoms with E-state index in [0.29, 0.717) is 6.04 Å². The van der Waals surface area contributed by atoms with Crippen LogP contribution in [0.2, 0.25) is 0 Å². The first-order chi connectivity index (χ1) is 6.36. The first kappa shape index (κ1) is 11.0. The van der Waals surface area contributed by atoms with E-state index in [0.717, 1.165) is 32.3 Å². The average molecular weight is 187 g/mol. The Labute approximate surface area is 80.8 Å². The zero-order valence-electron chi connectivity index (χ0n) is 8.71. The Hall–Kier alpha value is -0.120. The molecular weight excluding hydrogens is 166 g/mol. The molecule has 1 aliphatic heterocycles. The molecule has 1 heterocycles. The maximum Gasteiger partial charge on any atom is 0.0619 e. The summed E-state index contributed by atoms with van der Waals surface area (Å²) in [6.07, 6.45) is 2.39. The van der Waals surface area contributed by atoms with Crippen molar-refractivity contribution in [3.05, 3.63) is 0 Å². The molecule has 0 aromatic carbocycles. The molecule has 0 aromatic heterocycles. The van der Waals surface area contributed by atoms with Crippen LogP contribution < -0.4 is 5.32 Å². The van der Waals surface area contributed by atoms with Crippen LogP contribution in [-0.2, 0) is 9.47 Å². The smallest absolute Gasteiger partial charge is 0.0619 e. The van der Waals surface area contributed by atoms with E-state index in [1.807, 2.05) is 14.0 Å². The zero-order valence-corrected chi connectivity index (χ0v) is 8.71. The predicted molar refractivity (Wildman–Crippen MR) is 52.9 cm³/mol. The molecule has 0 saturated carbocycles. The lowest BCUT2D eigenvalue weighted by Crippen LogP contribution is -2.32. The average Bonchev–Trinajstić information content (AvgIpc) is 2.64. The van der Waals surface area contributed by atoms with Crippen molar-refractivity contribution in [2.24, 2.45) is 5.92 Å². The number of hydrogen-bond donors (Lipinski definition) is 1. The van der Waals surface area contributed by atoms with E-state index >= 15 is 0 Å². The number of ether oxygens (including phenoxy) is 2. The van der Waals surface area contributed by atoms with Crippen molar-refractivity contribution >= 4 is 0 Å². The highest BCUT2D eigenvalue weighted by atomic mass is 16.5. The topological polar surface area (TPSA) is 30.5 Å². The van der Waals surface area contributed by atoms with Crippen LogP contribution >= 0.6 is 0 Å². The summed E-state index contributed by atoms with van der Waals surface area (Å²) in [7, 11) is 2.00. The molecule has 0 aliphatic carbocycles. The van der Waals surface area contributed by atoms with E-state index < -0.39 is 0 Å². The van der Waals surface area contributed by atoms with Crippen LogP contribution in [0.3, 0.4) is 0 Å². The normalized spacial score (nSPS) is 24.9. The van der Waals surface area contributed by atoms with Gasteiger partial charge in [0, 0.05) is 25.9 Å². The van der Waals surface area contributed by atoms with Gasteiger partial charge in [-0.05, 0) is 32.7 Å². The summed E-state index contributed by atoms with van der Waals surface area (Å²) in [6.45, 7) is 5.54.